The van der Waals surface area contributed by atoms with Gasteiger partial charge in [-0.3, -0.25) is 9.89 Å². The van der Waals surface area contributed by atoms with Crippen molar-refractivity contribution in [2.24, 2.45) is 0 Å². The van der Waals surface area contributed by atoms with Crippen LogP contribution in [0.4, 0.5) is 0 Å². The van der Waals surface area contributed by atoms with Crippen LogP contribution in [0.25, 0.3) is 0 Å². The number of nitrogens with one attached hydrogen (secondary N) is 2. The minimum absolute atomic E-state index is 0.117. The van der Waals surface area contributed by atoms with E-state index in [1.165, 1.54) is 6.33 Å². The summed E-state index contributed by atoms with van der Waals surface area (Å²) in [7, 11) is 0. The Balaban J connectivity index is 2.54. The molecule has 1 heterocycles. The van der Waals surface area contributed by atoms with Gasteiger partial charge in [0.15, 0.2) is 0 Å². The number of nitrogens with zero attached hydrogens (tertiary/aromatic N) is 2. The molecule has 0 aliphatic rings. The Morgan fingerprint density at radius 1 is 1.64 bits per heavy atom. The predicted octanol–water partition coefficient (Wildman–Crippen LogP) is 0.948. The number of aromatic nitrogens is 3. The highest BCUT2D eigenvalue weighted by Gasteiger charge is 2.09. The van der Waals surface area contributed by atoms with Gasteiger partial charge in [-0.25, -0.2) is 4.98 Å². The molecule has 14 heavy (non-hydrogen) atoms. The summed E-state index contributed by atoms with van der Waals surface area (Å²) in [6, 6.07) is -0.152. The number of H-pyrrole nitrogens is 1. The zero-order valence-corrected chi connectivity index (χ0v) is 8.53. The van der Waals surface area contributed by atoms with Crippen LogP contribution in [-0.2, 0) is 4.79 Å². The van der Waals surface area contributed by atoms with Crippen LogP contribution in [0.1, 0.15) is 32.6 Å². The van der Waals surface area contributed by atoms with E-state index in [0.717, 1.165) is 5.57 Å². The van der Waals surface area contributed by atoms with Crippen molar-refractivity contribution in [1.82, 2.24) is 20.5 Å². The first-order valence-electron chi connectivity index (χ1n) is 4.40. The van der Waals surface area contributed by atoms with Gasteiger partial charge in [0.05, 0.1) is 6.04 Å². The summed E-state index contributed by atoms with van der Waals surface area (Å²) >= 11 is 0. The first kappa shape index (κ1) is 10.4. The second kappa shape index (κ2) is 4.55. The van der Waals surface area contributed by atoms with Crippen LogP contribution in [0, 0.1) is 0 Å². The zero-order valence-electron chi connectivity index (χ0n) is 8.53. The van der Waals surface area contributed by atoms with Crippen molar-refractivity contribution in [2.75, 3.05) is 0 Å². The Morgan fingerprint density at radius 3 is 2.86 bits per heavy atom. The molecule has 1 aromatic heterocycles. The van der Waals surface area contributed by atoms with E-state index in [-0.39, 0.29) is 11.9 Å². The maximum absolute atomic E-state index is 11.3. The summed E-state index contributed by atoms with van der Waals surface area (Å²) in [6.07, 6.45) is 2.96. The fourth-order valence-corrected chi connectivity index (χ4v) is 1.01. The monoisotopic (exact) mass is 194 g/mol. The summed E-state index contributed by atoms with van der Waals surface area (Å²) in [5.41, 5.74) is 0.965. The second-order valence-corrected chi connectivity index (χ2v) is 3.32. The normalized spacial score (nSPS) is 11.9. The molecule has 0 spiro atoms. The molecular formula is C9H14N4O. The van der Waals surface area contributed by atoms with E-state index < -0.39 is 0 Å². The maximum Gasteiger partial charge on any atom is 0.244 e. The van der Waals surface area contributed by atoms with Crippen LogP contribution < -0.4 is 5.32 Å². The van der Waals surface area contributed by atoms with E-state index in [2.05, 4.69) is 20.5 Å². The van der Waals surface area contributed by atoms with Gasteiger partial charge >= 0.3 is 0 Å². The lowest BCUT2D eigenvalue weighted by atomic mass is 10.3. The molecule has 1 rings (SSSR count). The minimum atomic E-state index is -0.152. The standard InChI is InChI=1S/C9H14N4O/c1-6(2)4-8(14)12-7(3)9-10-5-11-13-9/h4-5,7H,1-3H3,(H,12,14)(H,10,11,13). The summed E-state index contributed by atoms with van der Waals surface area (Å²) in [4.78, 5) is 15.3. The maximum atomic E-state index is 11.3. The van der Waals surface area contributed by atoms with Crippen molar-refractivity contribution in [3.63, 3.8) is 0 Å². The molecule has 1 amide bonds. The van der Waals surface area contributed by atoms with Crippen LogP contribution in [0.5, 0.6) is 0 Å². The van der Waals surface area contributed by atoms with Crippen molar-refractivity contribution in [2.45, 2.75) is 26.8 Å². The minimum Gasteiger partial charge on any atom is -0.343 e. The number of carbonyl (C=O) groups is 1. The second-order valence-electron chi connectivity index (χ2n) is 3.32. The van der Waals surface area contributed by atoms with Crippen molar-refractivity contribution in [1.29, 1.82) is 0 Å². The lowest BCUT2D eigenvalue weighted by molar-refractivity contribution is -0.117. The highest BCUT2D eigenvalue weighted by Crippen LogP contribution is 2.03. The third-order valence-corrected chi connectivity index (χ3v) is 1.62. The van der Waals surface area contributed by atoms with E-state index in [4.69, 9.17) is 0 Å². The van der Waals surface area contributed by atoms with Gasteiger partial charge in [-0.2, -0.15) is 5.10 Å². The van der Waals surface area contributed by atoms with E-state index in [1.54, 1.807) is 6.08 Å². The fraction of sp³-hybridized carbons (Fsp3) is 0.444. The molecule has 0 aliphatic carbocycles. The van der Waals surface area contributed by atoms with Crippen LogP contribution in [0.3, 0.4) is 0 Å². The number of allylic oxidation sites excluding steroid dienone is 1. The number of amides is 1. The highest BCUT2D eigenvalue weighted by molar-refractivity contribution is 5.88. The van der Waals surface area contributed by atoms with E-state index >= 15 is 0 Å². The Bertz CT molecular complexity index is 325. The molecule has 0 saturated carbocycles. The topological polar surface area (TPSA) is 70.7 Å². The molecule has 76 valence electrons. The largest absolute Gasteiger partial charge is 0.343 e. The van der Waals surface area contributed by atoms with Crippen molar-refractivity contribution in [3.05, 3.63) is 23.8 Å². The lowest BCUT2D eigenvalue weighted by Crippen LogP contribution is -2.25. The summed E-state index contributed by atoms with van der Waals surface area (Å²) < 4.78 is 0. The van der Waals surface area contributed by atoms with Crippen LogP contribution in [0.2, 0.25) is 0 Å². The number of aromatic amines is 1. The SMILES string of the molecule is CC(C)=CC(=O)NC(C)c1ncn[nH]1. The van der Waals surface area contributed by atoms with Crippen molar-refractivity contribution < 1.29 is 4.79 Å². The summed E-state index contributed by atoms with van der Waals surface area (Å²) in [5, 5.41) is 9.17. The molecule has 0 bridgehead atoms. The molecule has 0 aromatic carbocycles. The number of hydrogen-bond acceptors (Lipinski definition) is 3. The molecule has 5 nitrogen and oxygen atoms in total. The third-order valence-electron chi connectivity index (χ3n) is 1.62. The molecule has 1 atom stereocenters. The molecule has 0 aliphatic heterocycles. The molecule has 0 fully saturated rings. The Hall–Kier alpha value is -1.65. The Kier molecular flexibility index (Phi) is 3.39. The third kappa shape index (κ3) is 3.01. The van der Waals surface area contributed by atoms with Gasteiger partial charge < -0.3 is 5.32 Å². The van der Waals surface area contributed by atoms with Crippen molar-refractivity contribution in [3.8, 4) is 0 Å². The molecule has 5 heteroatoms. The predicted molar refractivity (Wildman–Crippen MR) is 52.4 cm³/mol. The molecule has 0 saturated heterocycles. The lowest BCUT2D eigenvalue weighted by Gasteiger charge is -2.08. The van der Waals surface area contributed by atoms with Gasteiger partial charge in [0.25, 0.3) is 0 Å². The van der Waals surface area contributed by atoms with E-state index in [1.807, 2.05) is 20.8 Å². The van der Waals surface area contributed by atoms with E-state index in [0.29, 0.717) is 5.82 Å². The quantitative estimate of drug-likeness (QED) is 0.704. The van der Waals surface area contributed by atoms with Crippen LogP contribution in [-0.4, -0.2) is 21.1 Å². The van der Waals surface area contributed by atoms with Gasteiger partial charge in [-0.05, 0) is 20.8 Å². The average Bonchev–Trinajstić information content (AvgIpc) is 2.53. The number of rotatable bonds is 3. The van der Waals surface area contributed by atoms with Gasteiger partial charge in [0.1, 0.15) is 12.2 Å². The molecule has 2 N–H and O–H groups in total. The first-order chi connectivity index (χ1) is 6.59. The van der Waals surface area contributed by atoms with E-state index in [9.17, 15) is 4.79 Å². The number of hydrogen-bond donors (Lipinski definition) is 2. The van der Waals surface area contributed by atoms with Gasteiger partial charge in [-0.1, -0.05) is 5.57 Å². The molecule has 0 radical (unpaired) electrons. The van der Waals surface area contributed by atoms with Gasteiger partial charge in [-0.15, -0.1) is 0 Å². The number of carbonyl (C=O) groups excluding carboxylic acids is 1. The zero-order chi connectivity index (χ0) is 10.6. The van der Waals surface area contributed by atoms with Gasteiger partial charge in [0, 0.05) is 6.08 Å². The summed E-state index contributed by atoms with van der Waals surface area (Å²) in [5.74, 6) is 0.536. The summed E-state index contributed by atoms with van der Waals surface area (Å²) in [6.45, 7) is 5.59. The highest BCUT2D eigenvalue weighted by atomic mass is 16.1. The van der Waals surface area contributed by atoms with Gasteiger partial charge in [0.2, 0.25) is 5.91 Å². The fourth-order valence-electron chi connectivity index (χ4n) is 1.01. The van der Waals surface area contributed by atoms with Crippen molar-refractivity contribution >= 4 is 5.91 Å². The van der Waals surface area contributed by atoms with Crippen LogP contribution >= 0.6 is 0 Å². The Labute approximate surface area is 82.6 Å². The molecular weight excluding hydrogens is 180 g/mol. The molecule has 1 unspecified atom stereocenters. The Morgan fingerprint density at radius 2 is 2.36 bits per heavy atom. The first-order valence-corrected chi connectivity index (χ1v) is 4.40. The smallest absolute Gasteiger partial charge is 0.244 e. The molecule has 1 aromatic rings. The van der Waals surface area contributed by atoms with Crippen LogP contribution in [0.15, 0.2) is 18.0 Å². The average molecular weight is 194 g/mol.